The van der Waals surface area contributed by atoms with Gasteiger partial charge in [0.2, 0.25) is 0 Å². The highest BCUT2D eigenvalue weighted by Crippen LogP contribution is 2.61. The lowest BCUT2D eigenvalue weighted by molar-refractivity contribution is 0.775. The topological polar surface area (TPSA) is 3.24 Å². The summed E-state index contributed by atoms with van der Waals surface area (Å²) in [6, 6.07) is 96.4. The van der Waals surface area contributed by atoms with Crippen LogP contribution < -0.4 is 4.90 Å². The number of thiophene rings is 1. The smallest absolute Gasteiger partial charge is 0.0719 e. The quantitative estimate of drug-likeness (QED) is 0.147. The molecule has 314 valence electrons. The molecule has 0 atom stereocenters. The Kier molecular flexibility index (Phi) is 9.33. The van der Waals surface area contributed by atoms with Crippen LogP contribution in [0.3, 0.4) is 0 Å². The van der Waals surface area contributed by atoms with Crippen LogP contribution in [0.15, 0.2) is 261 Å². The third-order valence-corrected chi connectivity index (χ3v) is 15.2. The molecule has 0 radical (unpaired) electrons. The molecule has 0 aliphatic heterocycles. The minimum Gasteiger partial charge on any atom is -0.310 e. The molecule has 1 nitrogen and oxygen atoms in total. The Morgan fingerprint density at radius 3 is 1.46 bits per heavy atom. The van der Waals surface area contributed by atoms with Crippen molar-refractivity contribution in [2.45, 2.75) is 5.41 Å². The summed E-state index contributed by atoms with van der Waals surface area (Å²) in [6.45, 7) is 0. The molecule has 2 heteroatoms. The zero-order chi connectivity index (χ0) is 44.3. The van der Waals surface area contributed by atoms with Gasteiger partial charge >= 0.3 is 0 Å². The van der Waals surface area contributed by atoms with Gasteiger partial charge in [0.1, 0.15) is 0 Å². The molecule has 0 amide bonds. The van der Waals surface area contributed by atoms with Gasteiger partial charge in [0.15, 0.2) is 0 Å². The second-order valence-electron chi connectivity index (χ2n) is 17.5. The molecule has 1 aliphatic rings. The molecule has 67 heavy (non-hydrogen) atoms. The van der Waals surface area contributed by atoms with Crippen LogP contribution in [0, 0.1) is 0 Å². The second-order valence-corrected chi connectivity index (χ2v) is 18.6. The number of hydrogen-bond acceptors (Lipinski definition) is 2. The number of anilines is 3. The predicted octanol–water partition coefficient (Wildman–Crippen LogP) is 18.0. The van der Waals surface area contributed by atoms with Crippen molar-refractivity contribution in [1.29, 1.82) is 0 Å². The summed E-state index contributed by atoms with van der Waals surface area (Å²) < 4.78 is 2.64. The Hall–Kier alpha value is -8.30. The first kappa shape index (κ1) is 39.1. The van der Waals surface area contributed by atoms with Crippen molar-refractivity contribution in [1.82, 2.24) is 0 Å². The molecule has 1 heterocycles. The maximum atomic E-state index is 2.51. The molecule has 1 aromatic heterocycles. The maximum Gasteiger partial charge on any atom is 0.0719 e. The van der Waals surface area contributed by atoms with Crippen molar-refractivity contribution in [3.8, 4) is 44.5 Å². The Bertz CT molecular complexity index is 3720. The van der Waals surface area contributed by atoms with E-state index in [1.54, 1.807) is 0 Å². The Morgan fingerprint density at radius 1 is 0.328 bits per heavy atom. The summed E-state index contributed by atoms with van der Waals surface area (Å²) in [4.78, 5) is 2.48. The summed E-state index contributed by atoms with van der Waals surface area (Å²) in [5.41, 5.74) is 17.6. The first-order valence-corrected chi connectivity index (χ1v) is 23.9. The van der Waals surface area contributed by atoms with Crippen molar-refractivity contribution in [2.75, 3.05) is 4.90 Å². The van der Waals surface area contributed by atoms with Crippen LogP contribution in [0.25, 0.3) is 75.5 Å². The number of rotatable bonds is 8. The van der Waals surface area contributed by atoms with Gasteiger partial charge in [0.25, 0.3) is 0 Å². The van der Waals surface area contributed by atoms with Gasteiger partial charge in [-0.15, -0.1) is 11.3 Å². The van der Waals surface area contributed by atoms with Crippen LogP contribution in [-0.4, -0.2) is 0 Å². The number of nitrogens with zero attached hydrogens (tertiary/aromatic N) is 1. The van der Waals surface area contributed by atoms with Gasteiger partial charge in [-0.05, 0) is 109 Å². The fourth-order valence-electron chi connectivity index (χ4n) is 11.1. The highest BCUT2D eigenvalue weighted by Gasteiger charge is 2.48. The highest BCUT2D eigenvalue weighted by molar-refractivity contribution is 7.26. The van der Waals surface area contributed by atoms with Gasteiger partial charge in [-0.3, -0.25) is 0 Å². The van der Waals surface area contributed by atoms with Crippen molar-refractivity contribution in [2.24, 2.45) is 0 Å². The first-order valence-electron chi connectivity index (χ1n) is 23.1. The molecular weight excluding hydrogens is 827 g/mol. The van der Waals surface area contributed by atoms with Crippen molar-refractivity contribution in [3.63, 3.8) is 0 Å². The predicted molar refractivity (Wildman–Crippen MR) is 285 cm³/mol. The van der Waals surface area contributed by atoms with E-state index in [-0.39, 0.29) is 0 Å². The van der Waals surface area contributed by atoms with E-state index in [0.717, 1.165) is 17.1 Å². The van der Waals surface area contributed by atoms with E-state index in [1.807, 2.05) is 11.3 Å². The van der Waals surface area contributed by atoms with E-state index < -0.39 is 5.41 Å². The Labute approximate surface area is 395 Å². The van der Waals surface area contributed by atoms with E-state index in [4.69, 9.17) is 0 Å². The summed E-state index contributed by atoms with van der Waals surface area (Å²) >= 11 is 1.88. The zero-order valence-corrected chi connectivity index (χ0v) is 37.5. The first-order chi connectivity index (χ1) is 33.3. The number of benzene rings is 11. The van der Waals surface area contributed by atoms with Gasteiger partial charge < -0.3 is 4.90 Å². The Morgan fingerprint density at radius 2 is 0.806 bits per heavy atom. The molecule has 13 rings (SSSR count). The van der Waals surface area contributed by atoms with Crippen molar-refractivity contribution >= 4 is 59.3 Å². The zero-order valence-electron chi connectivity index (χ0n) is 36.7. The molecule has 1 aliphatic carbocycles. The van der Waals surface area contributed by atoms with E-state index in [0.29, 0.717) is 0 Å². The lowest BCUT2D eigenvalue weighted by atomic mass is 9.66. The van der Waals surface area contributed by atoms with E-state index in [1.165, 1.54) is 97.7 Å². The monoisotopic (exact) mass is 869 g/mol. The number of hydrogen-bond donors (Lipinski definition) is 0. The van der Waals surface area contributed by atoms with E-state index in [2.05, 4.69) is 266 Å². The van der Waals surface area contributed by atoms with E-state index >= 15 is 0 Å². The fraction of sp³-hybridized carbons (Fsp3) is 0.0154. The molecule has 0 unspecified atom stereocenters. The average molecular weight is 870 g/mol. The van der Waals surface area contributed by atoms with Crippen LogP contribution in [0.2, 0.25) is 0 Å². The molecule has 0 bridgehead atoms. The largest absolute Gasteiger partial charge is 0.310 e. The van der Waals surface area contributed by atoms with Gasteiger partial charge in [-0.1, -0.05) is 224 Å². The molecular formula is C65H43NS. The average Bonchev–Trinajstić information content (AvgIpc) is 3.95. The summed E-state index contributed by atoms with van der Waals surface area (Å²) in [7, 11) is 0. The minimum absolute atomic E-state index is 0.590. The SMILES string of the molecule is c1ccc(-c2ccc(N(c3ccc(-c4cccc5c4sc4ccccc45)cc3)c3cc4c(c5ccccc35)C(c3ccccc3)(c3ccccc3)c3cccc(-c5ccccc5)c3-4)cc2)cc1. The van der Waals surface area contributed by atoms with E-state index in [9.17, 15) is 0 Å². The lowest BCUT2D eigenvalue weighted by Crippen LogP contribution is -2.29. The molecule has 0 fully saturated rings. The summed E-state index contributed by atoms with van der Waals surface area (Å²) in [5, 5.41) is 5.05. The standard InChI is InChI=1S/C65H43NS/c1-5-19-44(20-6-1)45-35-39-50(40-36-45)66(51-41-37-47(38-42-51)53-31-17-32-57-55-28-15-16-34-61(55)67-64(53)57)60-43-58-62-52(46-21-7-2-8-22-46)30-18-33-59(62)65(48-23-9-3-10-24-48,49-25-11-4-12-26-49)63(58)56-29-14-13-27-54(56)60/h1-43H. The fourth-order valence-corrected chi connectivity index (χ4v) is 12.3. The Balaban J connectivity index is 1.09. The minimum atomic E-state index is -0.590. The lowest BCUT2D eigenvalue weighted by Gasteiger charge is -2.35. The van der Waals surface area contributed by atoms with Gasteiger partial charge in [-0.25, -0.2) is 0 Å². The van der Waals surface area contributed by atoms with Crippen LogP contribution >= 0.6 is 11.3 Å². The van der Waals surface area contributed by atoms with Crippen LogP contribution in [0.5, 0.6) is 0 Å². The third kappa shape index (κ3) is 6.22. The normalized spacial score (nSPS) is 12.6. The molecule has 12 aromatic rings. The number of fused-ring (bicyclic) bond motifs is 8. The van der Waals surface area contributed by atoms with Gasteiger partial charge in [0.05, 0.1) is 11.1 Å². The highest BCUT2D eigenvalue weighted by atomic mass is 32.1. The van der Waals surface area contributed by atoms with Crippen LogP contribution in [0.4, 0.5) is 17.1 Å². The molecule has 0 N–H and O–H groups in total. The van der Waals surface area contributed by atoms with Crippen LogP contribution in [-0.2, 0) is 5.41 Å². The second kappa shape index (κ2) is 16.0. The summed E-state index contributed by atoms with van der Waals surface area (Å²) in [6.07, 6.45) is 0. The molecule has 0 saturated heterocycles. The van der Waals surface area contributed by atoms with Crippen LogP contribution in [0.1, 0.15) is 22.3 Å². The van der Waals surface area contributed by atoms with Crippen molar-refractivity contribution in [3.05, 3.63) is 283 Å². The molecule has 0 saturated carbocycles. The third-order valence-electron chi connectivity index (χ3n) is 13.9. The van der Waals surface area contributed by atoms with Crippen molar-refractivity contribution < 1.29 is 0 Å². The maximum absolute atomic E-state index is 2.51. The van der Waals surface area contributed by atoms with Gasteiger partial charge in [-0.2, -0.15) is 0 Å². The van der Waals surface area contributed by atoms with Gasteiger partial charge in [0, 0.05) is 36.9 Å². The molecule has 11 aromatic carbocycles. The molecule has 0 spiro atoms. The summed E-state index contributed by atoms with van der Waals surface area (Å²) in [5.74, 6) is 0.